The van der Waals surface area contributed by atoms with E-state index in [9.17, 15) is 14.4 Å². The third-order valence-electron chi connectivity index (χ3n) is 5.67. The Morgan fingerprint density at radius 1 is 0.879 bits per heavy atom. The molecule has 0 saturated heterocycles. The van der Waals surface area contributed by atoms with Gasteiger partial charge in [0, 0.05) is 31.4 Å². The average Bonchev–Trinajstić information content (AvgIpc) is 2.79. The fourth-order valence-corrected chi connectivity index (χ4v) is 4.19. The van der Waals surface area contributed by atoms with Crippen LogP contribution in [0.2, 0.25) is 0 Å². The van der Waals surface area contributed by atoms with Crippen molar-refractivity contribution in [2.75, 3.05) is 14.2 Å². The molecule has 1 fully saturated rings. The van der Waals surface area contributed by atoms with E-state index in [1.807, 2.05) is 18.2 Å². The number of nitrogens with one attached hydrogen (secondary N) is 1. The second-order valence-electron chi connectivity index (χ2n) is 7.96. The van der Waals surface area contributed by atoms with Crippen LogP contribution in [0.15, 0.2) is 42.5 Å². The Balaban J connectivity index is 1.81. The fraction of sp³-hybridized carbons (Fsp3) is 0.400. The first-order valence-corrected chi connectivity index (χ1v) is 10.8. The van der Waals surface area contributed by atoms with E-state index in [0.29, 0.717) is 42.1 Å². The van der Waals surface area contributed by atoms with Gasteiger partial charge in [-0.2, -0.15) is 0 Å². The van der Waals surface area contributed by atoms with Gasteiger partial charge in [0.15, 0.2) is 11.5 Å². The molecule has 1 aliphatic rings. The standard InChI is InChI=1S/C25H29NO7/c1-15(27)32-19-8-5-17(6-9-19)25(29)26-22-11-10-20(33-16(2)28)14-21(22)18-7-12-23(30-3)24(13-18)31-4/h5-9,12-13,20-22H,10-11,14H2,1-4H3,(H,26,29). The minimum atomic E-state index is -0.422. The van der Waals surface area contributed by atoms with Crippen LogP contribution in [0, 0.1) is 0 Å². The van der Waals surface area contributed by atoms with Crippen molar-refractivity contribution in [1.29, 1.82) is 0 Å². The zero-order chi connectivity index (χ0) is 24.0. The third kappa shape index (κ3) is 6.25. The second kappa shape index (κ2) is 10.8. The van der Waals surface area contributed by atoms with E-state index in [0.717, 1.165) is 5.56 Å². The van der Waals surface area contributed by atoms with Gasteiger partial charge in [-0.15, -0.1) is 0 Å². The highest BCUT2D eigenvalue weighted by atomic mass is 16.5. The summed E-state index contributed by atoms with van der Waals surface area (Å²) in [4.78, 5) is 35.6. The molecule has 0 heterocycles. The van der Waals surface area contributed by atoms with Crippen molar-refractivity contribution >= 4 is 17.8 Å². The molecule has 0 radical (unpaired) electrons. The molecular formula is C25H29NO7. The lowest BCUT2D eigenvalue weighted by Crippen LogP contribution is -2.44. The van der Waals surface area contributed by atoms with Gasteiger partial charge in [0.25, 0.3) is 5.91 Å². The average molecular weight is 456 g/mol. The van der Waals surface area contributed by atoms with Gasteiger partial charge >= 0.3 is 11.9 Å². The maximum atomic E-state index is 13.0. The number of benzene rings is 2. The van der Waals surface area contributed by atoms with Gasteiger partial charge in [-0.3, -0.25) is 14.4 Å². The van der Waals surface area contributed by atoms with E-state index < -0.39 is 5.97 Å². The Bertz CT molecular complexity index is 1000. The summed E-state index contributed by atoms with van der Waals surface area (Å²) in [5.41, 5.74) is 1.42. The number of hydrogen-bond acceptors (Lipinski definition) is 7. The second-order valence-corrected chi connectivity index (χ2v) is 7.96. The van der Waals surface area contributed by atoms with Gasteiger partial charge in [0.2, 0.25) is 0 Å². The lowest BCUT2D eigenvalue weighted by atomic mass is 9.78. The number of rotatable bonds is 7. The van der Waals surface area contributed by atoms with Crippen molar-refractivity contribution in [2.24, 2.45) is 0 Å². The molecule has 3 unspecified atom stereocenters. The molecular weight excluding hydrogens is 426 g/mol. The van der Waals surface area contributed by atoms with Gasteiger partial charge in [-0.25, -0.2) is 0 Å². The number of esters is 2. The Morgan fingerprint density at radius 3 is 2.18 bits per heavy atom. The van der Waals surface area contributed by atoms with E-state index in [4.69, 9.17) is 18.9 Å². The number of ether oxygens (including phenoxy) is 4. The molecule has 0 aliphatic heterocycles. The maximum Gasteiger partial charge on any atom is 0.308 e. The highest BCUT2D eigenvalue weighted by Gasteiger charge is 2.34. The number of carbonyl (C=O) groups is 3. The molecule has 0 aromatic heterocycles. The van der Waals surface area contributed by atoms with Gasteiger partial charge in [-0.05, 0) is 61.2 Å². The summed E-state index contributed by atoms with van der Waals surface area (Å²) in [6.07, 6.45) is 1.65. The highest BCUT2D eigenvalue weighted by molar-refractivity contribution is 5.94. The zero-order valence-electron chi connectivity index (χ0n) is 19.3. The summed E-state index contributed by atoms with van der Waals surface area (Å²) < 4.78 is 21.3. The zero-order valence-corrected chi connectivity index (χ0v) is 19.3. The first-order valence-electron chi connectivity index (χ1n) is 10.8. The fourth-order valence-electron chi connectivity index (χ4n) is 4.19. The minimum absolute atomic E-state index is 0.0906. The Kier molecular flexibility index (Phi) is 7.92. The van der Waals surface area contributed by atoms with E-state index in [1.54, 1.807) is 38.5 Å². The molecule has 33 heavy (non-hydrogen) atoms. The monoisotopic (exact) mass is 455 g/mol. The van der Waals surface area contributed by atoms with Crippen molar-refractivity contribution < 1.29 is 33.3 Å². The predicted octanol–water partition coefficient (Wildman–Crippen LogP) is 3.63. The topological polar surface area (TPSA) is 100 Å². The summed E-state index contributed by atoms with van der Waals surface area (Å²) in [6.45, 7) is 2.72. The van der Waals surface area contributed by atoms with Crippen LogP contribution >= 0.6 is 0 Å². The van der Waals surface area contributed by atoms with Crippen LogP contribution in [0.4, 0.5) is 0 Å². The summed E-state index contributed by atoms with van der Waals surface area (Å²) in [7, 11) is 3.15. The summed E-state index contributed by atoms with van der Waals surface area (Å²) >= 11 is 0. The van der Waals surface area contributed by atoms with Crippen molar-refractivity contribution in [1.82, 2.24) is 5.32 Å². The van der Waals surface area contributed by atoms with Crippen LogP contribution in [0.5, 0.6) is 17.2 Å². The van der Waals surface area contributed by atoms with Crippen LogP contribution in [-0.2, 0) is 14.3 Å². The molecule has 1 aliphatic carbocycles. The van der Waals surface area contributed by atoms with E-state index in [1.165, 1.54) is 13.8 Å². The quantitative estimate of drug-likeness (QED) is 0.503. The summed E-state index contributed by atoms with van der Waals surface area (Å²) in [5.74, 6) is 0.524. The maximum absolute atomic E-state index is 13.0. The first-order chi connectivity index (χ1) is 15.8. The van der Waals surface area contributed by atoms with E-state index in [2.05, 4.69) is 5.32 Å². The molecule has 1 N–H and O–H groups in total. The van der Waals surface area contributed by atoms with Crippen LogP contribution < -0.4 is 19.5 Å². The molecule has 3 rings (SSSR count). The van der Waals surface area contributed by atoms with Crippen LogP contribution in [0.1, 0.15) is 54.9 Å². The number of carbonyl (C=O) groups excluding carboxylic acids is 3. The number of amides is 1. The van der Waals surface area contributed by atoms with Crippen molar-refractivity contribution in [3.63, 3.8) is 0 Å². The van der Waals surface area contributed by atoms with Crippen molar-refractivity contribution in [2.45, 2.75) is 51.2 Å². The van der Waals surface area contributed by atoms with Crippen LogP contribution in [-0.4, -0.2) is 44.2 Å². The molecule has 176 valence electrons. The van der Waals surface area contributed by atoms with Crippen molar-refractivity contribution in [3.8, 4) is 17.2 Å². The largest absolute Gasteiger partial charge is 0.493 e. The smallest absolute Gasteiger partial charge is 0.308 e. The van der Waals surface area contributed by atoms with Gasteiger partial charge in [0.1, 0.15) is 11.9 Å². The SMILES string of the molecule is COc1ccc(C2CC(OC(C)=O)CCC2NC(=O)c2ccc(OC(C)=O)cc2)cc1OC. The van der Waals surface area contributed by atoms with E-state index in [-0.39, 0.29) is 29.9 Å². The predicted molar refractivity (Wildman–Crippen MR) is 121 cm³/mol. The van der Waals surface area contributed by atoms with E-state index >= 15 is 0 Å². The van der Waals surface area contributed by atoms with Crippen LogP contribution in [0.25, 0.3) is 0 Å². The molecule has 3 atom stereocenters. The molecule has 2 aromatic carbocycles. The molecule has 0 spiro atoms. The third-order valence-corrected chi connectivity index (χ3v) is 5.67. The summed E-state index contributed by atoms with van der Waals surface area (Å²) in [5, 5.41) is 3.12. The first kappa shape index (κ1) is 24.1. The molecule has 8 heteroatoms. The normalized spacial score (nSPS) is 19.8. The van der Waals surface area contributed by atoms with Gasteiger partial charge in [0.05, 0.1) is 14.2 Å². The summed E-state index contributed by atoms with van der Waals surface area (Å²) in [6, 6.07) is 11.9. The number of methoxy groups -OCH3 is 2. The molecule has 8 nitrogen and oxygen atoms in total. The Hall–Kier alpha value is -3.55. The van der Waals surface area contributed by atoms with Gasteiger partial charge in [-0.1, -0.05) is 6.07 Å². The molecule has 1 saturated carbocycles. The molecule has 2 aromatic rings. The molecule has 1 amide bonds. The van der Waals surface area contributed by atoms with Gasteiger partial charge < -0.3 is 24.3 Å². The highest BCUT2D eigenvalue weighted by Crippen LogP contribution is 2.38. The minimum Gasteiger partial charge on any atom is -0.493 e. The Labute approximate surface area is 193 Å². The Morgan fingerprint density at radius 2 is 1.58 bits per heavy atom. The van der Waals surface area contributed by atoms with Crippen LogP contribution in [0.3, 0.4) is 0 Å². The lowest BCUT2D eigenvalue weighted by molar-refractivity contribution is -0.148. The lowest BCUT2D eigenvalue weighted by Gasteiger charge is -2.36. The molecule has 0 bridgehead atoms. The van der Waals surface area contributed by atoms with Crippen molar-refractivity contribution in [3.05, 3.63) is 53.6 Å². The number of hydrogen-bond donors (Lipinski definition) is 1.